The van der Waals surface area contributed by atoms with Gasteiger partial charge in [0.1, 0.15) is 0 Å². The standard InChI is InChI=1S/C9H7BrOS/c1-2-3-4-8(11)9-7(10)5-6-12-9/h5-6H,4H2,1H3. The lowest BCUT2D eigenvalue weighted by Crippen LogP contribution is -1.93. The summed E-state index contributed by atoms with van der Waals surface area (Å²) in [7, 11) is 0. The number of hydrogen-bond acceptors (Lipinski definition) is 2. The molecule has 62 valence electrons. The first-order chi connectivity index (χ1) is 5.75. The minimum absolute atomic E-state index is 0.0891. The lowest BCUT2D eigenvalue weighted by atomic mass is 10.2. The van der Waals surface area contributed by atoms with Crippen LogP contribution < -0.4 is 0 Å². The summed E-state index contributed by atoms with van der Waals surface area (Å²) >= 11 is 4.74. The summed E-state index contributed by atoms with van der Waals surface area (Å²) in [6.45, 7) is 1.73. The Morgan fingerprint density at radius 3 is 3.00 bits per heavy atom. The first-order valence-corrected chi connectivity index (χ1v) is 5.08. The van der Waals surface area contributed by atoms with Gasteiger partial charge < -0.3 is 0 Å². The molecule has 3 heteroatoms. The van der Waals surface area contributed by atoms with Crippen LogP contribution in [-0.2, 0) is 0 Å². The van der Waals surface area contributed by atoms with E-state index in [9.17, 15) is 4.79 Å². The van der Waals surface area contributed by atoms with Crippen LogP contribution in [0.2, 0.25) is 0 Å². The van der Waals surface area contributed by atoms with Crippen LogP contribution in [0, 0.1) is 11.8 Å². The monoisotopic (exact) mass is 242 g/mol. The minimum atomic E-state index is 0.0891. The van der Waals surface area contributed by atoms with E-state index < -0.39 is 0 Å². The van der Waals surface area contributed by atoms with Gasteiger partial charge in [-0.15, -0.1) is 17.3 Å². The van der Waals surface area contributed by atoms with Crippen molar-refractivity contribution in [2.45, 2.75) is 13.3 Å². The van der Waals surface area contributed by atoms with Crippen LogP contribution in [0.3, 0.4) is 0 Å². The molecule has 0 N–H and O–H groups in total. The van der Waals surface area contributed by atoms with Crippen molar-refractivity contribution in [3.63, 3.8) is 0 Å². The minimum Gasteiger partial charge on any atom is -0.292 e. The van der Waals surface area contributed by atoms with Crippen LogP contribution in [0.1, 0.15) is 23.0 Å². The van der Waals surface area contributed by atoms with E-state index in [2.05, 4.69) is 27.8 Å². The summed E-state index contributed by atoms with van der Waals surface area (Å²) in [6, 6.07) is 1.87. The third-order valence-electron chi connectivity index (χ3n) is 1.30. The molecule has 0 fully saturated rings. The summed E-state index contributed by atoms with van der Waals surface area (Å²) in [4.78, 5) is 12.1. The Labute approximate surface area is 83.9 Å². The second kappa shape index (κ2) is 4.44. The third kappa shape index (κ3) is 2.20. The number of Topliss-reactive ketones (excluding diaryl/α,β-unsaturated/α-hetero) is 1. The maximum absolute atomic E-state index is 11.4. The first kappa shape index (κ1) is 9.50. The molecule has 0 atom stereocenters. The number of hydrogen-bond donors (Lipinski definition) is 0. The fourth-order valence-corrected chi connectivity index (χ4v) is 2.27. The zero-order chi connectivity index (χ0) is 8.97. The molecule has 0 aromatic carbocycles. The summed E-state index contributed by atoms with van der Waals surface area (Å²) in [5.74, 6) is 5.54. The van der Waals surface area contributed by atoms with Crippen LogP contribution in [0.25, 0.3) is 0 Å². The van der Waals surface area contributed by atoms with Crippen LogP contribution in [0.5, 0.6) is 0 Å². The normalized spacial score (nSPS) is 8.83. The van der Waals surface area contributed by atoms with E-state index in [1.54, 1.807) is 6.92 Å². The molecule has 12 heavy (non-hydrogen) atoms. The van der Waals surface area contributed by atoms with Crippen molar-refractivity contribution in [1.82, 2.24) is 0 Å². The molecule has 1 rings (SSSR count). The average Bonchev–Trinajstić information content (AvgIpc) is 2.47. The van der Waals surface area contributed by atoms with Gasteiger partial charge in [0, 0.05) is 4.47 Å². The fraction of sp³-hybridized carbons (Fsp3) is 0.222. The molecule has 1 heterocycles. The second-order valence-corrected chi connectivity index (χ2v) is 3.89. The molecule has 0 unspecified atom stereocenters. The molecule has 0 aliphatic heterocycles. The molecule has 1 aromatic heterocycles. The molecular weight excluding hydrogens is 236 g/mol. The molecule has 0 radical (unpaired) electrons. The molecule has 1 aromatic rings. The smallest absolute Gasteiger partial charge is 0.185 e. The number of carbonyl (C=O) groups excluding carboxylic acids is 1. The highest BCUT2D eigenvalue weighted by Gasteiger charge is 2.09. The van der Waals surface area contributed by atoms with Crippen LogP contribution in [0.15, 0.2) is 15.9 Å². The molecule has 0 saturated carbocycles. The van der Waals surface area contributed by atoms with Crippen molar-refractivity contribution in [2.24, 2.45) is 0 Å². The highest BCUT2D eigenvalue weighted by Crippen LogP contribution is 2.23. The SMILES string of the molecule is CC#CCC(=O)c1sccc1Br. The molecule has 0 aliphatic rings. The van der Waals surface area contributed by atoms with Gasteiger partial charge in [0.2, 0.25) is 0 Å². The number of rotatable bonds is 2. The van der Waals surface area contributed by atoms with Crippen molar-refractivity contribution in [3.05, 3.63) is 20.8 Å². The van der Waals surface area contributed by atoms with Gasteiger partial charge in [-0.3, -0.25) is 4.79 Å². The summed E-state index contributed by atoms with van der Waals surface area (Å²) in [5.41, 5.74) is 0. The van der Waals surface area contributed by atoms with E-state index >= 15 is 0 Å². The topological polar surface area (TPSA) is 17.1 Å². The number of halogens is 1. The predicted octanol–water partition coefficient (Wildman–Crippen LogP) is 3.11. The van der Waals surface area contributed by atoms with Gasteiger partial charge in [-0.05, 0) is 34.3 Å². The Morgan fingerprint density at radius 2 is 2.50 bits per heavy atom. The van der Waals surface area contributed by atoms with E-state index in [0.29, 0.717) is 6.42 Å². The van der Waals surface area contributed by atoms with Gasteiger partial charge in [-0.2, -0.15) is 0 Å². The molecule has 0 saturated heterocycles. The summed E-state index contributed by atoms with van der Waals surface area (Å²) < 4.78 is 0.871. The Bertz CT molecular complexity index is 343. The fourth-order valence-electron chi connectivity index (χ4n) is 0.742. The van der Waals surface area contributed by atoms with E-state index in [0.717, 1.165) is 9.35 Å². The predicted molar refractivity (Wildman–Crippen MR) is 54.4 cm³/mol. The van der Waals surface area contributed by atoms with Crippen LogP contribution in [0.4, 0.5) is 0 Å². The van der Waals surface area contributed by atoms with Crippen molar-refractivity contribution < 1.29 is 4.79 Å². The quantitative estimate of drug-likeness (QED) is 0.576. The van der Waals surface area contributed by atoms with Crippen molar-refractivity contribution in [3.8, 4) is 11.8 Å². The van der Waals surface area contributed by atoms with Crippen molar-refractivity contribution in [1.29, 1.82) is 0 Å². The zero-order valence-electron chi connectivity index (χ0n) is 6.56. The van der Waals surface area contributed by atoms with E-state index in [-0.39, 0.29) is 5.78 Å². The van der Waals surface area contributed by atoms with Gasteiger partial charge in [0.15, 0.2) is 5.78 Å². The van der Waals surface area contributed by atoms with E-state index in [4.69, 9.17) is 0 Å². The first-order valence-electron chi connectivity index (χ1n) is 3.41. The van der Waals surface area contributed by atoms with Crippen molar-refractivity contribution in [2.75, 3.05) is 0 Å². The van der Waals surface area contributed by atoms with Gasteiger partial charge in [0.05, 0.1) is 11.3 Å². The Hall–Kier alpha value is -0.590. The number of thiophene rings is 1. The zero-order valence-corrected chi connectivity index (χ0v) is 8.96. The lowest BCUT2D eigenvalue weighted by molar-refractivity contribution is 0.100. The van der Waals surface area contributed by atoms with Gasteiger partial charge >= 0.3 is 0 Å². The molecule has 0 bridgehead atoms. The second-order valence-electron chi connectivity index (χ2n) is 2.12. The Kier molecular flexibility index (Phi) is 3.51. The highest BCUT2D eigenvalue weighted by molar-refractivity contribution is 9.10. The molecule has 0 amide bonds. The maximum Gasteiger partial charge on any atom is 0.185 e. The van der Waals surface area contributed by atoms with E-state index in [1.807, 2.05) is 11.4 Å². The molecule has 0 aliphatic carbocycles. The van der Waals surface area contributed by atoms with Gasteiger partial charge in [0.25, 0.3) is 0 Å². The van der Waals surface area contributed by atoms with Crippen molar-refractivity contribution >= 4 is 33.0 Å². The third-order valence-corrected chi connectivity index (χ3v) is 3.17. The number of ketones is 1. The highest BCUT2D eigenvalue weighted by atomic mass is 79.9. The number of carbonyl (C=O) groups is 1. The van der Waals surface area contributed by atoms with Crippen LogP contribution >= 0.6 is 27.3 Å². The Morgan fingerprint density at radius 1 is 1.75 bits per heavy atom. The van der Waals surface area contributed by atoms with E-state index in [1.165, 1.54) is 11.3 Å². The van der Waals surface area contributed by atoms with Crippen LogP contribution in [-0.4, -0.2) is 5.78 Å². The van der Waals surface area contributed by atoms with Gasteiger partial charge in [-0.1, -0.05) is 5.92 Å². The largest absolute Gasteiger partial charge is 0.292 e. The maximum atomic E-state index is 11.4. The average molecular weight is 243 g/mol. The van der Waals surface area contributed by atoms with Gasteiger partial charge in [-0.25, -0.2) is 0 Å². The Balaban J connectivity index is 2.76. The summed E-state index contributed by atoms with van der Waals surface area (Å²) in [6.07, 6.45) is 0.315. The summed E-state index contributed by atoms with van der Waals surface area (Å²) in [5, 5.41) is 1.89. The molecule has 1 nitrogen and oxygen atoms in total. The lowest BCUT2D eigenvalue weighted by Gasteiger charge is -1.90. The molecular formula is C9H7BrOS. The molecule has 0 spiro atoms.